The van der Waals surface area contributed by atoms with E-state index in [2.05, 4.69) is 49.3 Å². The van der Waals surface area contributed by atoms with Crippen LogP contribution in [0.2, 0.25) is 0 Å². The molecule has 0 radical (unpaired) electrons. The Morgan fingerprint density at radius 2 is 2.12 bits per heavy atom. The molecule has 0 atom stereocenters. The van der Waals surface area contributed by atoms with Gasteiger partial charge in [0.25, 0.3) is 0 Å². The van der Waals surface area contributed by atoms with Crippen LogP contribution in [0.5, 0.6) is 0 Å². The number of benzene rings is 1. The Morgan fingerprint density at radius 3 is 2.88 bits per heavy atom. The van der Waals surface area contributed by atoms with Gasteiger partial charge < -0.3 is 10.2 Å². The van der Waals surface area contributed by atoms with E-state index in [-0.39, 0.29) is 0 Å². The lowest BCUT2D eigenvalue weighted by molar-refractivity contribution is 0.288. The lowest BCUT2D eigenvalue weighted by Crippen LogP contribution is -2.25. The summed E-state index contributed by atoms with van der Waals surface area (Å²) >= 11 is 0. The summed E-state index contributed by atoms with van der Waals surface area (Å²) in [6.45, 7) is 8.93. The van der Waals surface area contributed by atoms with E-state index in [4.69, 9.17) is 0 Å². The molecule has 17 heavy (non-hydrogen) atoms. The Kier molecular flexibility index (Phi) is 4.19. The second kappa shape index (κ2) is 5.65. The normalized spacial score (nSPS) is 15.4. The third-order valence-electron chi connectivity index (χ3n) is 3.29. The molecule has 0 unspecified atom stereocenters. The van der Waals surface area contributed by atoms with E-state index < -0.39 is 0 Å². The molecule has 0 aliphatic carbocycles. The second-order valence-electron chi connectivity index (χ2n) is 5.62. The minimum atomic E-state index is 0.735. The summed E-state index contributed by atoms with van der Waals surface area (Å²) in [6.07, 6.45) is 1.18. The molecule has 0 bridgehead atoms. The average Bonchev–Trinajstić information content (AvgIpc) is 2.27. The van der Waals surface area contributed by atoms with Gasteiger partial charge in [-0.1, -0.05) is 32.0 Å². The van der Waals surface area contributed by atoms with Gasteiger partial charge >= 0.3 is 0 Å². The highest BCUT2D eigenvalue weighted by molar-refractivity contribution is 5.33. The van der Waals surface area contributed by atoms with E-state index in [1.54, 1.807) is 0 Å². The van der Waals surface area contributed by atoms with Gasteiger partial charge in [-0.25, -0.2) is 0 Å². The zero-order valence-corrected chi connectivity index (χ0v) is 11.3. The van der Waals surface area contributed by atoms with Crippen LogP contribution in [0, 0.1) is 5.92 Å². The number of hydrogen-bond acceptors (Lipinski definition) is 2. The van der Waals surface area contributed by atoms with Crippen molar-refractivity contribution in [1.82, 2.24) is 10.2 Å². The van der Waals surface area contributed by atoms with Crippen molar-refractivity contribution in [3.8, 4) is 0 Å². The zero-order valence-electron chi connectivity index (χ0n) is 11.3. The molecule has 0 aromatic heterocycles. The Hall–Kier alpha value is -0.860. The van der Waals surface area contributed by atoms with Crippen LogP contribution in [0.25, 0.3) is 0 Å². The van der Waals surface area contributed by atoms with Gasteiger partial charge in [-0.2, -0.15) is 0 Å². The smallest absolute Gasteiger partial charge is 0.0230 e. The van der Waals surface area contributed by atoms with E-state index in [1.807, 2.05) is 0 Å². The van der Waals surface area contributed by atoms with Gasteiger partial charge in [0.2, 0.25) is 0 Å². The standard InChI is InChI=1S/C15H24N2/c1-12(2)10-17(3)11-13-4-5-14-6-7-16-9-15(14)8-13/h4-5,8,12,16H,6-7,9-11H2,1-3H3. The topological polar surface area (TPSA) is 15.3 Å². The van der Waals surface area contributed by atoms with Crippen LogP contribution in [0.3, 0.4) is 0 Å². The first kappa shape index (κ1) is 12.6. The summed E-state index contributed by atoms with van der Waals surface area (Å²) in [4.78, 5) is 2.41. The molecule has 1 heterocycles. The highest BCUT2D eigenvalue weighted by atomic mass is 15.1. The second-order valence-corrected chi connectivity index (χ2v) is 5.62. The first-order valence-corrected chi connectivity index (χ1v) is 6.65. The Labute approximate surface area is 105 Å². The summed E-state index contributed by atoms with van der Waals surface area (Å²) in [5, 5.41) is 3.44. The molecule has 1 N–H and O–H groups in total. The van der Waals surface area contributed by atoms with E-state index in [0.717, 1.165) is 32.1 Å². The molecule has 0 saturated heterocycles. The van der Waals surface area contributed by atoms with Crippen molar-refractivity contribution in [3.63, 3.8) is 0 Å². The zero-order chi connectivity index (χ0) is 12.3. The van der Waals surface area contributed by atoms with Crippen LogP contribution >= 0.6 is 0 Å². The maximum absolute atomic E-state index is 3.44. The maximum Gasteiger partial charge on any atom is 0.0230 e. The first-order valence-electron chi connectivity index (χ1n) is 6.65. The van der Waals surface area contributed by atoms with Gasteiger partial charge in [0.1, 0.15) is 0 Å². The van der Waals surface area contributed by atoms with Crippen molar-refractivity contribution >= 4 is 0 Å². The Morgan fingerprint density at radius 1 is 1.29 bits per heavy atom. The van der Waals surface area contributed by atoms with E-state index in [0.29, 0.717) is 0 Å². The number of nitrogens with one attached hydrogen (secondary N) is 1. The van der Waals surface area contributed by atoms with Gasteiger partial charge in [-0.05, 0) is 42.6 Å². The van der Waals surface area contributed by atoms with Crippen LogP contribution in [-0.2, 0) is 19.5 Å². The van der Waals surface area contributed by atoms with Crippen molar-refractivity contribution < 1.29 is 0 Å². The van der Waals surface area contributed by atoms with Crippen LogP contribution in [0.1, 0.15) is 30.5 Å². The molecular weight excluding hydrogens is 208 g/mol. The summed E-state index contributed by atoms with van der Waals surface area (Å²) in [5.74, 6) is 0.735. The summed E-state index contributed by atoms with van der Waals surface area (Å²) in [5.41, 5.74) is 4.46. The van der Waals surface area contributed by atoms with Crippen molar-refractivity contribution in [3.05, 3.63) is 34.9 Å². The molecule has 94 valence electrons. The molecule has 0 saturated carbocycles. The van der Waals surface area contributed by atoms with Crippen LogP contribution in [0.15, 0.2) is 18.2 Å². The summed E-state index contributed by atoms with van der Waals surface area (Å²) in [7, 11) is 2.21. The molecular formula is C15H24N2. The molecule has 1 aromatic carbocycles. The quantitative estimate of drug-likeness (QED) is 0.857. The molecule has 0 fully saturated rings. The van der Waals surface area contributed by atoms with Gasteiger partial charge in [0, 0.05) is 19.6 Å². The van der Waals surface area contributed by atoms with Gasteiger partial charge in [-0.15, -0.1) is 0 Å². The molecule has 2 heteroatoms. The fraction of sp³-hybridized carbons (Fsp3) is 0.600. The molecule has 1 aliphatic rings. The fourth-order valence-electron chi connectivity index (χ4n) is 2.63. The SMILES string of the molecule is CC(C)CN(C)Cc1ccc2c(c1)CNCC2. The van der Waals surface area contributed by atoms with Gasteiger partial charge in [-0.3, -0.25) is 0 Å². The predicted octanol–water partition coefficient (Wildman–Crippen LogP) is 2.42. The van der Waals surface area contributed by atoms with Crippen LogP contribution < -0.4 is 5.32 Å². The maximum atomic E-state index is 3.44. The number of rotatable bonds is 4. The summed E-state index contributed by atoms with van der Waals surface area (Å²) in [6, 6.07) is 6.98. The molecule has 1 aliphatic heterocycles. The van der Waals surface area contributed by atoms with E-state index in [1.165, 1.54) is 23.1 Å². The highest BCUT2D eigenvalue weighted by Gasteiger charge is 2.10. The minimum absolute atomic E-state index is 0.735. The van der Waals surface area contributed by atoms with Crippen molar-refractivity contribution in [1.29, 1.82) is 0 Å². The van der Waals surface area contributed by atoms with Crippen LogP contribution in [-0.4, -0.2) is 25.0 Å². The Balaban J connectivity index is 2.01. The molecule has 1 aromatic rings. The third-order valence-corrected chi connectivity index (χ3v) is 3.29. The fourth-order valence-corrected chi connectivity index (χ4v) is 2.63. The average molecular weight is 232 g/mol. The minimum Gasteiger partial charge on any atom is -0.312 e. The van der Waals surface area contributed by atoms with Crippen LogP contribution in [0.4, 0.5) is 0 Å². The van der Waals surface area contributed by atoms with Gasteiger partial charge in [0.05, 0.1) is 0 Å². The summed E-state index contributed by atoms with van der Waals surface area (Å²) < 4.78 is 0. The lowest BCUT2D eigenvalue weighted by Gasteiger charge is -2.21. The predicted molar refractivity (Wildman–Crippen MR) is 73.0 cm³/mol. The number of fused-ring (bicyclic) bond motifs is 1. The van der Waals surface area contributed by atoms with E-state index in [9.17, 15) is 0 Å². The van der Waals surface area contributed by atoms with Crippen molar-refractivity contribution in [2.45, 2.75) is 33.4 Å². The van der Waals surface area contributed by atoms with Crippen molar-refractivity contribution in [2.24, 2.45) is 5.92 Å². The number of hydrogen-bond donors (Lipinski definition) is 1. The largest absolute Gasteiger partial charge is 0.312 e. The van der Waals surface area contributed by atoms with E-state index >= 15 is 0 Å². The highest BCUT2D eigenvalue weighted by Crippen LogP contribution is 2.17. The molecule has 2 nitrogen and oxygen atoms in total. The Bertz CT molecular complexity index is 371. The molecule has 2 rings (SSSR count). The molecule has 0 spiro atoms. The third kappa shape index (κ3) is 3.55. The van der Waals surface area contributed by atoms with Gasteiger partial charge in [0.15, 0.2) is 0 Å². The monoisotopic (exact) mass is 232 g/mol. The molecule has 0 amide bonds. The lowest BCUT2D eigenvalue weighted by atomic mass is 9.98. The van der Waals surface area contributed by atoms with Crippen molar-refractivity contribution in [2.75, 3.05) is 20.1 Å². The first-order chi connectivity index (χ1) is 8.15. The number of nitrogens with zero attached hydrogens (tertiary/aromatic N) is 1.